The van der Waals surface area contributed by atoms with E-state index in [0.29, 0.717) is 0 Å². The number of hydrogen-bond donors (Lipinski definition) is 3. The van der Waals surface area contributed by atoms with E-state index in [1.54, 1.807) is 0 Å². The minimum absolute atomic E-state index is 0.00622. The zero-order valence-electron chi connectivity index (χ0n) is 18.2. The maximum atomic E-state index is 12.6. The molecule has 1 aliphatic carbocycles. The number of nitrogens with zero attached hydrogens (tertiary/aromatic N) is 1. The number of aromatic hydroxyl groups is 1. The molecule has 0 amide bonds. The molecular weight excluding hydrogens is 454 g/mol. The van der Waals surface area contributed by atoms with Crippen LogP contribution in [0.3, 0.4) is 0 Å². The van der Waals surface area contributed by atoms with Gasteiger partial charge in [0.15, 0.2) is 5.75 Å². The molecule has 32 heavy (non-hydrogen) atoms. The number of ketones is 2. The van der Waals surface area contributed by atoms with Gasteiger partial charge in [0.25, 0.3) is 0 Å². The zero-order valence-corrected chi connectivity index (χ0v) is 19.7. The number of carbonyl (C=O) groups excluding carboxylic acids is 2. The summed E-state index contributed by atoms with van der Waals surface area (Å²) in [6, 6.07) is 10.3. The molecule has 10 heteroatoms. The molecule has 0 saturated heterocycles. The fourth-order valence-corrected chi connectivity index (χ4v) is 5.10. The molecule has 3 atom stereocenters. The predicted octanol–water partition coefficient (Wildman–Crippen LogP) is 2.58. The summed E-state index contributed by atoms with van der Waals surface area (Å²) in [6.45, 7) is 4.00. The Morgan fingerprint density at radius 3 is 2.16 bits per heavy atom. The summed E-state index contributed by atoms with van der Waals surface area (Å²) in [5.74, 6) is -1.70. The number of rotatable bonds is 8. The number of hydrogen-bond acceptors (Lipinski definition) is 7. The fourth-order valence-electron chi connectivity index (χ4n) is 3.62. The molecule has 0 radical (unpaired) electrons. The Kier molecular flexibility index (Phi) is 6.94. The molecule has 0 bridgehead atoms. The Labute approximate surface area is 192 Å². The molecule has 0 aromatic heterocycles. The van der Waals surface area contributed by atoms with Gasteiger partial charge in [0.05, 0.1) is 10.7 Å². The Morgan fingerprint density at radius 2 is 1.59 bits per heavy atom. The van der Waals surface area contributed by atoms with Crippen molar-refractivity contribution in [3.05, 3.63) is 53.1 Å². The number of Topliss-reactive ketones (excluding diaryl/α,β-unsaturated/α-hetero) is 2. The van der Waals surface area contributed by atoms with E-state index >= 15 is 0 Å². The van der Waals surface area contributed by atoms with Gasteiger partial charge < -0.3 is 10.4 Å². The minimum atomic E-state index is -4.05. The highest BCUT2D eigenvalue weighted by Crippen LogP contribution is 2.39. The first kappa shape index (κ1) is 24.2. The van der Waals surface area contributed by atoms with Gasteiger partial charge in [-0.15, -0.1) is 0 Å². The summed E-state index contributed by atoms with van der Waals surface area (Å²) in [7, 11) is -1.42. The molecule has 0 aliphatic heterocycles. The molecular formula is C22H26ClN3O5S. The lowest BCUT2D eigenvalue weighted by Gasteiger charge is -2.38. The Hall–Kier alpha value is -2.46. The van der Waals surface area contributed by atoms with Gasteiger partial charge in [0.2, 0.25) is 21.6 Å². The molecule has 0 heterocycles. The van der Waals surface area contributed by atoms with Crippen LogP contribution in [0.15, 0.2) is 47.4 Å². The topological polar surface area (TPSA) is 116 Å². The van der Waals surface area contributed by atoms with Gasteiger partial charge in [0, 0.05) is 20.1 Å². The third-order valence-corrected chi connectivity index (χ3v) is 7.78. The second-order valence-corrected chi connectivity index (χ2v) is 10.7. The van der Waals surface area contributed by atoms with E-state index in [9.17, 15) is 23.1 Å². The number of phenols is 1. The lowest BCUT2D eigenvalue weighted by Crippen LogP contribution is -2.67. The number of phenolic OH excluding ortho intramolecular Hbond substituents is 1. The summed E-state index contributed by atoms with van der Waals surface area (Å²) in [5, 5.41) is 16.6. The van der Waals surface area contributed by atoms with E-state index in [0.717, 1.165) is 9.87 Å². The van der Waals surface area contributed by atoms with Gasteiger partial charge in [-0.25, -0.2) is 12.7 Å². The molecule has 3 unspecified atom stereocenters. The highest BCUT2D eigenvalue weighted by molar-refractivity contribution is 7.89. The fraction of sp³-hybridized carbons (Fsp3) is 0.364. The van der Waals surface area contributed by atoms with E-state index < -0.39 is 44.3 Å². The van der Waals surface area contributed by atoms with Crippen molar-refractivity contribution in [2.24, 2.45) is 5.92 Å². The molecule has 2 aromatic carbocycles. The van der Waals surface area contributed by atoms with Crippen LogP contribution < -0.4 is 10.6 Å². The highest BCUT2D eigenvalue weighted by Gasteiger charge is 2.50. The normalized spacial score (nSPS) is 19.8. The third kappa shape index (κ3) is 4.38. The number of nitrogens with one attached hydrogen (secondary N) is 2. The summed E-state index contributed by atoms with van der Waals surface area (Å²) in [4.78, 5) is 24.2. The number of sulfonamides is 1. The van der Waals surface area contributed by atoms with Gasteiger partial charge >= 0.3 is 0 Å². The monoisotopic (exact) mass is 479 g/mol. The second-order valence-electron chi connectivity index (χ2n) is 8.19. The molecule has 8 nitrogen and oxygen atoms in total. The maximum absolute atomic E-state index is 12.6. The Balaban J connectivity index is 1.90. The van der Waals surface area contributed by atoms with Crippen molar-refractivity contribution in [3.63, 3.8) is 0 Å². The van der Waals surface area contributed by atoms with Gasteiger partial charge in [-0.3, -0.25) is 14.9 Å². The first-order valence-corrected chi connectivity index (χ1v) is 11.9. The highest BCUT2D eigenvalue weighted by atomic mass is 35.5. The van der Waals surface area contributed by atoms with Crippen molar-refractivity contribution in [2.75, 3.05) is 19.4 Å². The molecule has 3 rings (SSSR count). The van der Waals surface area contributed by atoms with E-state index in [1.165, 1.54) is 26.2 Å². The SMILES string of the molecule is CC(C)C(NC1C(=O)C(=O)C1Nc1ccc(Cl)c(S(=O)(=O)N(C)C)c1O)c1ccccc1. The second kappa shape index (κ2) is 9.19. The molecule has 2 aromatic rings. The number of benzene rings is 2. The van der Waals surface area contributed by atoms with Gasteiger partial charge in [-0.1, -0.05) is 55.8 Å². The van der Waals surface area contributed by atoms with Crippen molar-refractivity contribution in [2.45, 2.75) is 36.9 Å². The van der Waals surface area contributed by atoms with E-state index in [4.69, 9.17) is 11.6 Å². The van der Waals surface area contributed by atoms with Gasteiger partial charge in [-0.2, -0.15) is 0 Å². The minimum Gasteiger partial charge on any atom is -0.504 e. The Bertz CT molecular complexity index is 1140. The van der Waals surface area contributed by atoms with E-state index in [2.05, 4.69) is 10.6 Å². The largest absolute Gasteiger partial charge is 0.504 e. The van der Waals surface area contributed by atoms with E-state index in [1.807, 2.05) is 44.2 Å². The maximum Gasteiger partial charge on any atom is 0.247 e. The average Bonchev–Trinajstić information content (AvgIpc) is 2.74. The van der Waals surface area contributed by atoms with Crippen LogP contribution in [0.5, 0.6) is 5.75 Å². The molecule has 3 N–H and O–H groups in total. The van der Waals surface area contributed by atoms with Crippen LogP contribution in [0, 0.1) is 5.92 Å². The molecule has 172 valence electrons. The van der Waals surface area contributed by atoms with Crippen LogP contribution in [-0.4, -0.2) is 55.6 Å². The van der Waals surface area contributed by atoms with Crippen LogP contribution >= 0.6 is 11.6 Å². The number of halogens is 1. The van der Waals surface area contributed by atoms with Crippen molar-refractivity contribution in [1.29, 1.82) is 0 Å². The van der Waals surface area contributed by atoms with Crippen molar-refractivity contribution >= 4 is 38.9 Å². The predicted molar refractivity (Wildman–Crippen MR) is 122 cm³/mol. The van der Waals surface area contributed by atoms with Crippen LogP contribution in [0.2, 0.25) is 5.02 Å². The van der Waals surface area contributed by atoms with Crippen LogP contribution in [0.1, 0.15) is 25.5 Å². The molecule has 0 spiro atoms. The first-order chi connectivity index (χ1) is 15.0. The van der Waals surface area contributed by atoms with Crippen LogP contribution in [-0.2, 0) is 19.6 Å². The standard InChI is InChI=1S/C22H26ClN3O5S/c1-12(2)16(13-8-6-5-7-9-13)25-18-17(20(28)21(18)29)24-15-11-10-14(23)22(19(15)27)32(30,31)26(3)4/h5-12,16-18,24-25,27H,1-4H3. The third-order valence-electron chi connectivity index (χ3n) is 5.46. The summed E-state index contributed by atoms with van der Waals surface area (Å²) >= 11 is 6.04. The van der Waals surface area contributed by atoms with Crippen molar-refractivity contribution in [3.8, 4) is 5.75 Å². The van der Waals surface area contributed by atoms with E-state index in [-0.39, 0.29) is 22.7 Å². The van der Waals surface area contributed by atoms with Crippen LogP contribution in [0.25, 0.3) is 0 Å². The average molecular weight is 480 g/mol. The van der Waals surface area contributed by atoms with Gasteiger partial charge in [0.1, 0.15) is 17.0 Å². The Morgan fingerprint density at radius 1 is 1.00 bits per heavy atom. The summed E-state index contributed by atoms with van der Waals surface area (Å²) in [6.07, 6.45) is 0. The quantitative estimate of drug-likeness (QED) is 0.393. The van der Waals surface area contributed by atoms with Crippen molar-refractivity contribution < 1.29 is 23.1 Å². The van der Waals surface area contributed by atoms with Gasteiger partial charge in [-0.05, 0) is 23.6 Å². The molecule has 1 aliphatic rings. The lowest BCUT2D eigenvalue weighted by atomic mass is 9.81. The van der Waals surface area contributed by atoms with Crippen LogP contribution in [0.4, 0.5) is 5.69 Å². The zero-order chi connectivity index (χ0) is 23.8. The summed E-state index contributed by atoms with van der Waals surface area (Å²) < 4.78 is 26.1. The molecule has 1 saturated carbocycles. The number of anilines is 1. The number of carbonyl (C=O) groups is 2. The smallest absolute Gasteiger partial charge is 0.247 e. The molecule has 1 fully saturated rings. The summed E-state index contributed by atoms with van der Waals surface area (Å²) in [5.41, 5.74) is 0.968. The van der Waals surface area contributed by atoms with Crippen molar-refractivity contribution in [1.82, 2.24) is 9.62 Å². The first-order valence-electron chi connectivity index (χ1n) is 10.1. The lowest BCUT2D eigenvalue weighted by molar-refractivity contribution is -0.146.